The SMILES string of the molecule is C=CCCCCCCC=CCCCCCCCC. The number of allylic oxidation sites excluding steroid dienone is 3. The van der Waals surface area contributed by atoms with Gasteiger partial charge in [0.05, 0.1) is 0 Å². The summed E-state index contributed by atoms with van der Waals surface area (Å²) >= 11 is 0. The zero-order chi connectivity index (χ0) is 13.3. The van der Waals surface area contributed by atoms with Crippen molar-refractivity contribution in [1.82, 2.24) is 0 Å². The summed E-state index contributed by atoms with van der Waals surface area (Å²) < 4.78 is 0. The smallest absolute Gasteiger partial charge is 0.0351 e. The van der Waals surface area contributed by atoms with Gasteiger partial charge in [0.25, 0.3) is 0 Å². The van der Waals surface area contributed by atoms with E-state index in [2.05, 4.69) is 25.7 Å². The third-order valence-electron chi connectivity index (χ3n) is 3.42. The lowest BCUT2D eigenvalue weighted by molar-refractivity contribution is 0.610. The van der Waals surface area contributed by atoms with Gasteiger partial charge in [-0.3, -0.25) is 0 Å². The van der Waals surface area contributed by atoms with Gasteiger partial charge < -0.3 is 0 Å². The van der Waals surface area contributed by atoms with Gasteiger partial charge in [-0.25, -0.2) is 0 Å². The molecule has 0 aromatic rings. The Bertz CT molecular complexity index is 178. The standard InChI is InChI=1S/C18H34/c1-3-5-7-9-11-13-15-17-18-16-14-12-10-8-6-4-2/h3,17-18H,1,4-16H2,2H3. The van der Waals surface area contributed by atoms with E-state index in [0.29, 0.717) is 0 Å². The van der Waals surface area contributed by atoms with Gasteiger partial charge in [0.15, 0.2) is 0 Å². The van der Waals surface area contributed by atoms with Gasteiger partial charge in [0.2, 0.25) is 0 Å². The van der Waals surface area contributed by atoms with Crippen LogP contribution in [-0.4, -0.2) is 0 Å². The monoisotopic (exact) mass is 250 g/mol. The molecule has 0 unspecified atom stereocenters. The third kappa shape index (κ3) is 15.5. The molecular weight excluding hydrogens is 216 g/mol. The molecule has 0 aliphatic rings. The molecule has 0 bridgehead atoms. The van der Waals surface area contributed by atoms with E-state index in [-0.39, 0.29) is 0 Å². The van der Waals surface area contributed by atoms with Crippen LogP contribution in [0.25, 0.3) is 0 Å². The van der Waals surface area contributed by atoms with E-state index >= 15 is 0 Å². The predicted molar refractivity (Wildman–Crippen MR) is 85.0 cm³/mol. The molecule has 0 aromatic carbocycles. The molecule has 0 spiro atoms. The van der Waals surface area contributed by atoms with E-state index in [1.54, 1.807) is 0 Å². The molecule has 0 fully saturated rings. The molecule has 0 amide bonds. The van der Waals surface area contributed by atoms with Crippen molar-refractivity contribution in [2.45, 2.75) is 90.4 Å². The average Bonchev–Trinajstić information content (AvgIpc) is 2.39. The summed E-state index contributed by atoms with van der Waals surface area (Å²) in [5.41, 5.74) is 0. The van der Waals surface area contributed by atoms with Gasteiger partial charge in [-0.05, 0) is 38.5 Å². The molecular formula is C18H34. The van der Waals surface area contributed by atoms with Gasteiger partial charge in [0, 0.05) is 0 Å². The van der Waals surface area contributed by atoms with Crippen LogP contribution in [0.3, 0.4) is 0 Å². The molecule has 106 valence electrons. The maximum absolute atomic E-state index is 3.75. The minimum Gasteiger partial charge on any atom is -0.103 e. The molecule has 0 aromatic heterocycles. The first-order valence-electron chi connectivity index (χ1n) is 8.17. The van der Waals surface area contributed by atoms with Crippen LogP contribution in [0.4, 0.5) is 0 Å². The van der Waals surface area contributed by atoms with Crippen molar-refractivity contribution < 1.29 is 0 Å². The van der Waals surface area contributed by atoms with Crippen molar-refractivity contribution >= 4 is 0 Å². The lowest BCUT2D eigenvalue weighted by Gasteiger charge is -1.98. The zero-order valence-electron chi connectivity index (χ0n) is 12.6. The summed E-state index contributed by atoms with van der Waals surface area (Å²) in [5.74, 6) is 0. The number of rotatable bonds is 14. The molecule has 0 atom stereocenters. The van der Waals surface area contributed by atoms with E-state index in [4.69, 9.17) is 0 Å². The van der Waals surface area contributed by atoms with Crippen LogP contribution in [0.1, 0.15) is 90.4 Å². The fourth-order valence-electron chi connectivity index (χ4n) is 2.18. The molecule has 0 saturated carbocycles. The first-order valence-corrected chi connectivity index (χ1v) is 8.17. The Kier molecular flexibility index (Phi) is 16.0. The molecule has 0 aliphatic heterocycles. The third-order valence-corrected chi connectivity index (χ3v) is 3.42. The van der Waals surface area contributed by atoms with Crippen molar-refractivity contribution in [2.75, 3.05) is 0 Å². The fraction of sp³-hybridized carbons (Fsp3) is 0.778. The number of hydrogen-bond acceptors (Lipinski definition) is 0. The number of unbranched alkanes of at least 4 members (excludes halogenated alkanes) is 11. The Labute approximate surface area is 116 Å². The lowest BCUT2D eigenvalue weighted by atomic mass is 10.1. The summed E-state index contributed by atoms with van der Waals surface area (Å²) in [6.07, 6.45) is 24.5. The summed E-state index contributed by atoms with van der Waals surface area (Å²) in [6, 6.07) is 0. The molecule has 0 nitrogen and oxygen atoms in total. The zero-order valence-corrected chi connectivity index (χ0v) is 12.6. The molecule has 0 N–H and O–H groups in total. The van der Waals surface area contributed by atoms with E-state index in [0.717, 1.165) is 0 Å². The maximum Gasteiger partial charge on any atom is -0.0351 e. The second-order valence-electron chi connectivity index (χ2n) is 5.31. The highest BCUT2D eigenvalue weighted by Crippen LogP contribution is 2.09. The summed E-state index contributed by atoms with van der Waals surface area (Å²) in [5, 5.41) is 0. The number of hydrogen-bond donors (Lipinski definition) is 0. The molecule has 0 saturated heterocycles. The van der Waals surface area contributed by atoms with Crippen LogP contribution in [0.5, 0.6) is 0 Å². The Morgan fingerprint density at radius 1 is 0.611 bits per heavy atom. The highest BCUT2D eigenvalue weighted by atomic mass is 14.0. The van der Waals surface area contributed by atoms with E-state index in [1.807, 2.05) is 6.08 Å². The molecule has 0 rings (SSSR count). The van der Waals surface area contributed by atoms with Crippen LogP contribution in [0.2, 0.25) is 0 Å². The molecule has 18 heavy (non-hydrogen) atoms. The second kappa shape index (κ2) is 16.5. The quantitative estimate of drug-likeness (QED) is 0.234. The summed E-state index contributed by atoms with van der Waals surface area (Å²) in [7, 11) is 0. The normalized spacial score (nSPS) is 11.2. The van der Waals surface area contributed by atoms with Crippen molar-refractivity contribution in [3.8, 4) is 0 Å². The van der Waals surface area contributed by atoms with E-state index in [1.165, 1.54) is 83.5 Å². The highest BCUT2D eigenvalue weighted by Gasteiger charge is 1.89. The Morgan fingerprint density at radius 2 is 1.06 bits per heavy atom. The van der Waals surface area contributed by atoms with Crippen LogP contribution in [0, 0.1) is 0 Å². The Morgan fingerprint density at radius 3 is 1.56 bits per heavy atom. The van der Waals surface area contributed by atoms with Crippen LogP contribution in [-0.2, 0) is 0 Å². The van der Waals surface area contributed by atoms with Gasteiger partial charge in [0.1, 0.15) is 0 Å². The summed E-state index contributed by atoms with van der Waals surface area (Å²) in [4.78, 5) is 0. The van der Waals surface area contributed by atoms with Crippen LogP contribution < -0.4 is 0 Å². The minimum absolute atomic E-state index is 1.19. The summed E-state index contributed by atoms with van der Waals surface area (Å²) in [6.45, 7) is 6.03. The van der Waals surface area contributed by atoms with Gasteiger partial charge in [-0.2, -0.15) is 0 Å². The van der Waals surface area contributed by atoms with Gasteiger partial charge in [-0.1, -0.05) is 70.1 Å². The van der Waals surface area contributed by atoms with Crippen molar-refractivity contribution in [2.24, 2.45) is 0 Å². The Balaban J connectivity index is 3.02. The molecule has 0 heterocycles. The van der Waals surface area contributed by atoms with Crippen LogP contribution in [0.15, 0.2) is 24.8 Å². The highest BCUT2D eigenvalue weighted by molar-refractivity contribution is 4.81. The predicted octanol–water partition coefficient (Wildman–Crippen LogP) is 6.82. The van der Waals surface area contributed by atoms with Crippen LogP contribution >= 0.6 is 0 Å². The second-order valence-corrected chi connectivity index (χ2v) is 5.31. The first-order chi connectivity index (χ1) is 8.91. The minimum atomic E-state index is 1.19. The molecule has 0 radical (unpaired) electrons. The topological polar surface area (TPSA) is 0 Å². The van der Waals surface area contributed by atoms with E-state index in [9.17, 15) is 0 Å². The average molecular weight is 250 g/mol. The molecule has 0 aliphatic carbocycles. The first kappa shape index (κ1) is 17.5. The van der Waals surface area contributed by atoms with Gasteiger partial charge >= 0.3 is 0 Å². The maximum atomic E-state index is 3.75. The Hall–Kier alpha value is -0.520. The molecule has 0 heteroatoms. The van der Waals surface area contributed by atoms with Crippen molar-refractivity contribution in [3.05, 3.63) is 24.8 Å². The van der Waals surface area contributed by atoms with Crippen molar-refractivity contribution in [3.63, 3.8) is 0 Å². The van der Waals surface area contributed by atoms with Gasteiger partial charge in [-0.15, -0.1) is 6.58 Å². The lowest BCUT2D eigenvalue weighted by Crippen LogP contribution is -1.78. The van der Waals surface area contributed by atoms with Crippen molar-refractivity contribution in [1.29, 1.82) is 0 Å². The van der Waals surface area contributed by atoms with E-state index < -0.39 is 0 Å². The largest absolute Gasteiger partial charge is 0.103 e. The fourth-order valence-corrected chi connectivity index (χ4v) is 2.18.